The van der Waals surface area contributed by atoms with Crippen molar-refractivity contribution in [2.75, 3.05) is 6.79 Å². The predicted octanol–water partition coefficient (Wildman–Crippen LogP) is 2.04. The van der Waals surface area contributed by atoms with E-state index in [4.69, 9.17) is 14.2 Å². The first kappa shape index (κ1) is 13.0. The maximum Gasteiger partial charge on any atom is 0.261 e. The van der Waals surface area contributed by atoms with Gasteiger partial charge in [0.15, 0.2) is 17.6 Å². The van der Waals surface area contributed by atoms with E-state index in [0.29, 0.717) is 13.0 Å². The number of carbonyl (C=O) groups is 1. The normalized spacial score (nSPS) is 17.7. The fraction of sp³-hybridized carbons (Fsp3) is 0.235. The molecule has 4 rings (SSSR count). The molecule has 0 aliphatic carbocycles. The highest BCUT2D eigenvalue weighted by atomic mass is 16.7. The van der Waals surface area contributed by atoms with Crippen LogP contribution >= 0.6 is 0 Å². The lowest BCUT2D eigenvalue weighted by Crippen LogP contribution is -2.36. The summed E-state index contributed by atoms with van der Waals surface area (Å²) in [7, 11) is 0. The van der Waals surface area contributed by atoms with Crippen LogP contribution in [0, 0.1) is 0 Å². The zero-order valence-corrected chi connectivity index (χ0v) is 11.9. The van der Waals surface area contributed by atoms with Gasteiger partial charge in [-0.3, -0.25) is 4.79 Å². The minimum atomic E-state index is -0.452. The van der Waals surface area contributed by atoms with Gasteiger partial charge in [0.1, 0.15) is 5.75 Å². The third-order valence-electron chi connectivity index (χ3n) is 3.84. The molecule has 22 heavy (non-hydrogen) atoms. The van der Waals surface area contributed by atoms with Gasteiger partial charge in [0.05, 0.1) is 0 Å². The second-order valence-corrected chi connectivity index (χ2v) is 5.32. The van der Waals surface area contributed by atoms with Gasteiger partial charge in [-0.2, -0.15) is 0 Å². The van der Waals surface area contributed by atoms with Crippen LogP contribution in [0.25, 0.3) is 0 Å². The number of amides is 1. The summed E-state index contributed by atoms with van der Waals surface area (Å²) in [5.41, 5.74) is 2.04. The SMILES string of the molecule is O=C(NCc1ccc2c(c1)OCO2)[C@H]1Cc2ccccc2O1. The molecule has 2 heterocycles. The van der Waals surface area contributed by atoms with E-state index in [1.54, 1.807) is 0 Å². The molecule has 1 atom stereocenters. The van der Waals surface area contributed by atoms with Crippen LogP contribution in [0.4, 0.5) is 0 Å². The molecular weight excluding hydrogens is 282 g/mol. The smallest absolute Gasteiger partial charge is 0.261 e. The van der Waals surface area contributed by atoms with Crippen molar-refractivity contribution < 1.29 is 19.0 Å². The highest BCUT2D eigenvalue weighted by molar-refractivity contribution is 5.82. The number of nitrogens with one attached hydrogen (secondary N) is 1. The van der Waals surface area contributed by atoms with E-state index in [1.165, 1.54) is 0 Å². The van der Waals surface area contributed by atoms with Gasteiger partial charge < -0.3 is 19.5 Å². The summed E-state index contributed by atoms with van der Waals surface area (Å²) in [6, 6.07) is 13.4. The van der Waals surface area contributed by atoms with Crippen molar-refractivity contribution in [2.24, 2.45) is 0 Å². The van der Waals surface area contributed by atoms with Crippen LogP contribution in [0.1, 0.15) is 11.1 Å². The summed E-state index contributed by atoms with van der Waals surface area (Å²) in [5.74, 6) is 2.15. The van der Waals surface area contributed by atoms with Crippen LogP contribution in [0.2, 0.25) is 0 Å². The molecule has 5 nitrogen and oxygen atoms in total. The zero-order chi connectivity index (χ0) is 14.9. The number of fused-ring (bicyclic) bond motifs is 2. The van der Waals surface area contributed by atoms with Crippen molar-refractivity contribution in [3.63, 3.8) is 0 Å². The first-order chi connectivity index (χ1) is 10.8. The molecular formula is C17H15NO4. The molecule has 0 aromatic heterocycles. The molecule has 2 aliphatic heterocycles. The molecule has 0 saturated heterocycles. The quantitative estimate of drug-likeness (QED) is 0.942. The largest absolute Gasteiger partial charge is 0.480 e. The van der Waals surface area contributed by atoms with Crippen LogP contribution < -0.4 is 19.5 Å². The molecule has 1 amide bonds. The Bertz CT molecular complexity index is 703. The number of hydrogen-bond acceptors (Lipinski definition) is 4. The van der Waals surface area contributed by atoms with Crippen molar-refractivity contribution in [3.8, 4) is 17.2 Å². The lowest BCUT2D eigenvalue weighted by atomic mass is 10.1. The van der Waals surface area contributed by atoms with Gasteiger partial charge in [-0.15, -0.1) is 0 Å². The molecule has 0 spiro atoms. The standard InChI is InChI=1S/C17H15NO4/c19-17(16-8-12-3-1-2-4-13(12)22-16)18-9-11-5-6-14-15(7-11)21-10-20-14/h1-7,16H,8-10H2,(H,18,19)/t16-/m1/s1. The lowest BCUT2D eigenvalue weighted by molar-refractivity contribution is -0.127. The topological polar surface area (TPSA) is 56.8 Å². The molecule has 0 saturated carbocycles. The Balaban J connectivity index is 1.37. The van der Waals surface area contributed by atoms with E-state index < -0.39 is 6.10 Å². The summed E-state index contributed by atoms with van der Waals surface area (Å²) in [5, 5.41) is 2.91. The van der Waals surface area contributed by atoms with Crippen molar-refractivity contribution >= 4 is 5.91 Å². The second-order valence-electron chi connectivity index (χ2n) is 5.32. The van der Waals surface area contributed by atoms with E-state index in [2.05, 4.69) is 5.32 Å². The number of benzene rings is 2. The monoisotopic (exact) mass is 297 g/mol. The molecule has 0 radical (unpaired) electrons. The lowest BCUT2D eigenvalue weighted by Gasteiger charge is -2.11. The zero-order valence-electron chi connectivity index (χ0n) is 11.9. The highest BCUT2D eigenvalue weighted by Gasteiger charge is 2.28. The Hall–Kier alpha value is -2.69. The Morgan fingerprint density at radius 3 is 2.86 bits per heavy atom. The summed E-state index contributed by atoms with van der Waals surface area (Å²) < 4.78 is 16.3. The van der Waals surface area contributed by atoms with Gasteiger partial charge in [-0.05, 0) is 29.3 Å². The van der Waals surface area contributed by atoms with E-state index in [-0.39, 0.29) is 12.7 Å². The molecule has 2 aliphatic rings. The van der Waals surface area contributed by atoms with E-state index >= 15 is 0 Å². The maximum absolute atomic E-state index is 12.2. The van der Waals surface area contributed by atoms with Gasteiger partial charge in [0.2, 0.25) is 6.79 Å². The minimum absolute atomic E-state index is 0.103. The number of para-hydroxylation sites is 1. The van der Waals surface area contributed by atoms with Crippen molar-refractivity contribution in [2.45, 2.75) is 19.1 Å². The average Bonchev–Trinajstić information content (AvgIpc) is 3.18. The fourth-order valence-corrected chi connectivity index (χ4v) is 2.68. The second kappa shape index (κ2) is 5.26. The van der Waals surface area contributed by atoms with Crippen molar-refractivity contribution in [1.82, 2.24) is 5.32 Å². The highest BCUT2D eigenvalue weighted by Crippen LogP contribution is 2.32. The number of ether oxygens (including phenoxy) is 3. The Labute approximate surface area is 127 Å². The first-order valence-electron chi connectivity index (χ1n) is 7.20. The third-order valence-corrected chi connectivity index (χ3v) is 3.84. The molecule has 2 aromatic rings. The molecule has 5 heteroatoms. The summed E-state index contributed by atoms with van der Waals surface area (Å²) >= 11 is 0. The van der Waals surface area contributed by atoms with Gasteiger partial charge in [0.25, 0.3) is 5.91 Å². The maximum atomic E-state index is 12.2. The third kappa shape index (κ3) is 2.35. The van der Waals surface area contributed by atoms with Crippen LogP contribution in [0.5, 0.6) is 17.2 Å². The number of carbonyl (C=O) groups excluding carboxylic acids is 1. The average molecular weight is 297 g/mol. The molecule has 2 aromatic carbocycles. The molecule has 0 bridgehead atoms. The Kier molecular flexibility index (Phi) is 3.11. The predicted molar refractivity (Wildman–Crippen MR) is 79.0 cm³/mol. The van der Waals surface area contributed by atoms with Crippen LogP contribution in [-0.4, -0.2) is 18.8 Å². The van der Waals surface area contributed by atoms with Crippen LogP contribution in [-0.2, 0) is 17.8 Å². The fourth-order valence-electron chi connectivity index (χ4n) is 2.68. The molecule has 112 valence electrons. The van der Waals surface area contributed by atoms with E-state index in [0.717, 1.165) is 28.4 Å². The molecule has 0 unspecified atom stereocenters. The van der Waals surface area contributed by atoms with Crippen LogP contribution in [0.3, 0.4) is 0 Å². The molecule has 1 N–H and O–H groups in total. The van der Waals surface area contributed by atoms with E-state index in [1.807, 2.05) is 42.5 Å². The van der Waals surface area contributed by atoms with Gasteiger partial charge in [-0.1, -0.05) is 24.3 Å². The van der Waals surface area contributed by atoms with Crippen molar-refractivity contribution in [3.05, 3.63) is 53.6 Å². The van der Waals surface area contributed by atoms with Gasteiger partial charge in [0, 0.05) is 13.0 Å². The number of rotatable bonds is 3. The Morgan fingerprint density at radius 1 is 1.09 bits per heavy atom. The molecule has 0 fully saturated rings. The minimum Gasteiger partial charge on any atom is -0.480 e. The summed E-state index contributed by atoms with van der Waals surface area (Å²) in [4.78, 5) is 12.2. The summed E-state index contributed by atoms with van der Waals surface area (Å²) in [6.07, 6.45) is 0.162. The van der Waals surface area contributed by atoms with E-state index in [9.17, 15) is 4.79 Å². The van der Waals surface area contributed by atoms with Gasteiger partial charge >= 0.3 is 0 Å². The van der Waals surface area contributed by atoms with Gasteiger partial charge in [-0.25, -0.2) is 0 Å². The number of hydrogen-bond donors (Lipinski definition) is 1. The summed E-state index contributed by atoms with van der Waals surface area (Å²) in [6.45, 7) is 0.686. The van der Waals surface area contributed by atoms with Crippen LogP contribution in [0.15, 0.2) is 42.5 Å². The first-order valence-corrected chi connectivity index (χ1v) is 7.20. The van der Waals surface area contributed by atoms with Crippen molar-refractivity contribution in [1.29, 1.82) is 0 Å². The Morgan fingerprint density at radius 2 is 1.95 bits per heavy atom.